The van der Waals surface area contributed by atoms with E-state index in [1.807, 2.05) is 30.3 Å². The van der Waals surface area contributed by atoms with Crippen molar-refractivity contribution in [3.8, 4) is 0 Å². The zero-order valence-corrected chi connectivity index (χ0v) is 17.4. The van der Waals surface area contributed by atoms with Gasteiger partial charge in [0.15, 0.2) is 0 Å². The molecule has 1 N–H and O–H groups in total. The van der Waals surface area contributed by atoms with Gasteiger partial charge in [0, 0.05) is 35.6 Å². The average Bonchev–Trinajstić information content (AvgIpc) is 2.80. The van der Waals surface area contributed by atoms with E-state index in [-0.39, 0.29) is 5.97 Å². The van der Waals surface area contributed by atoms with Crippen molar-refractivity contribution in [2.75, 3.05) is 43.6 Å². The van der Waals surface area contributed by atoms with Gasteiger partial charge in [-0.1, -0.05) is 17.8 Å². The van der Waals surface area contributed by atoms with Crippen molar-refractivity contribution in [2.24, 2.45) is 0 Å². The summed E-state index contributed by atoms with van der Waals surface area (Å²) in [4.78, 5) is 23.8. The number of ether oxygens (including phenoxy) is 2. The van der Waals surface area contributed by atoms with Gasteiger partial charge in [-0.15, -0.1) is 0 Å². The van der Waals surface area contributed by atoms with Crippen molar-refractivity contribution < 1.29 is 14.3 Å². The maximum Gasteiger partial charge on any atom is 0.337 e. The van der Waals surface area contributed by atoms with E-state index < -0.39 is 0 Å². The number of carbonyl (C=O) groups is 1. The van der Waals surface area contributed by atoms with Crippen LogP contribution in [0.2, 0.25) is 0 Å². The smallest absolute Gasteiger partial charge is 0.337 e. The minimum atomic E-state index is -0.358. The fourth-order valence-corrected chi connectivity index (χ4v) is 3.93. The predicted molar refractivity (Wildman–Crippen MR) is 117 cm³/mol. The molecule has 0 saturated carbocycles. The van der Waals surface area contributed by atoms with E-state index in [4.69, 9.17) is 9.47 Å². The summed E-state index contributed by atoms with van der Waals surface area (Å²) in [5.41, 5.74) is 2.61. The van der Waals surface area contributed by atoms with Crippen LogP contribution in [-0.4, -0.2) is 49.4 Å². The van der Waals surface area contributed by atoms with E-state index in [2.05, 4.69) is 32.3 Å². The van der Waals surface area contributed by atoms with Gasteiger partial charge in [0.1, 0.15) is 5.03 Å². The lowest BCUT2D eigenvalue weighted by atomic mass is 10.2. The van der Waals surface area contributed by atoms with Crippen molar-refractivity contribution in [2.45, 2.75) is 9.92 Å². The zero-order chi connectivity index (χ0) is 20.8. The van der Waals surface area contributed by atoms with Crippen LogP contribution in [0.4, 0.5) is 17.3 Å². The number of benzene rings is 2. The third-order valence-electron chi connectivity index (χ3n) is 4.61. The molecule has 0 spiro atoms. The number of morpholine rings is 1. The highest BCUT2D eigenvalue weighted by Crippen LogP contribution is 2.28. The first-order chi connectivity index (χ1) is 14.7. The van der Waals surface area contributed by atoms with Crippen molar-refractivity contribution in [3.63, 3.8) is 0 Å². The summed E-state index contributed by atoms with van der Waals surface area (Å²) < 4.78 is 10.2. The molecule has 1 saturated heterocycles. The largest absolute Gasteiger partial charge is 0.465 e. The number of anilines is 3. The molecule has 0 atom stereocenters. The number of nitrogens with zero attached hydrogens (tertiary/aromatic N) is 3. The first-order valence-corrected chi connectivity index (χ1v) is 10.4. The molecule has 7 nitrogen and oxygen atoms in total. The van der Waals surface area contributed by atoms with Crippen LogP contribution in [0.3, 0.4) is 0 Å². The Kier molecular flexibility index (Phi) is 6.46. The molecule has 0 radical (unpaired) electrons. The van der Waals surface area contributed by atoms with Gasteiger partial charge in [0.25, 0.3) is 0 Å². The van der Waals surface area contributed by atoms with Crippen LogP contribution in [-0.2, 0) is 9.47 Å². The molecule has 1 aromatic heterocycles. The third-order valence-corrected chi connectivity index (χ3v) is 5.53. The van der Waals surface area contributed by atoms with Gasteiger partial charge >= 0.3 is 5.97 Å². The fraction of sp³-hybridized carbons (Fsp3) is 0.227. The molecule has 0 amide bonds. The Bertz CT molecular complexity index is 1010. The quantitative estimate of drug-likeness (QED) is 0.472. The molecular weight excluding hydrogens is 400 g/mol. The molecule has 1 aliphatic heterocycles. The molecule has 2 heterocycles. The highest BCUT2D eigenvalue weighted by molar-refractivity contribution is 7.99. The first kappa shape index (κ1) is 20.2. The Morgan fingerprint density at radius 3 is 2.70 bits per heavy atom. The van der Waals surface area contributed by atoms with Crippen LogP contribution in [0.15, 0.2) is 70.7 Å². The van der Waals surface area contributed by atoms with Gasteiger partial charge in [0.2, 0.25) is 5.95 Å². The van der Waals surface area contributed by atoms with Crippen LogP contribution in [0, 0.1) is 0 Å². The lowest BCUT2D eigenvalue weighted by molar-refractivity contribution is 0.0600. The maximum atomic E-state index is 11.7. The van der Waals surface area contributed by atoms with Crippen LogP contribution in [0.1, 0.15) is 10.4 Å². The molecular formula is C22H22N4O3S. The van der Waals surface area contributed by atoms with Crippen LogP contribution in [0.25, 0.3) is 0 Å². The van der Waals surface area contributed by atoms with E-state index in [9.17, 15) is 4.79 Å². The van der Waals surface area contributed by atoms with Gasteiger partial charge in [-0.25, -0.2) is 14.8 Å². The highest BCUT2D eigenvalue weighted by atomic mass is 32.2. The van der Waals surface area contributed by atoms with Crippen molar-refractivity contribution in [1.29, 1.82) is 0 Å². The molecule has 2 aromatic carbocycles. The number of aromatic nitrogens is 2. The second kappa shape index (κ2) is 9.60. The first-order valence-electron chi connectivity index (χ1n) is 9.60. The minimum absolute atomic E-state index is 0.358. The second-order valence-electron chi connectivity index (χ2n) is 6.61. The molecule has 154 valence electrons. The van der Waals surface area contributed by atoms with Crippen LogP contribution < -0.4 is 10.2 Å². The summed E-state index contributed by atoms with van der Waals surface area (Å²) in [5, 5.41) is 4.02. The summed E-state index contributed by atoms with van der Waals surface area (Å²) in [7, 11) is 1.37. The van der Waals surface area contributed by atoms with E-state index in [1.54, 1.807) is 18.3 Å². The van der Waals surface area contributed by atoms with Crippen molar-refractivity contribution in [3.05, 3.63) is 66.4 Å². The Hall–Kier alpha value is -3.10. The predicted octanol–water partition coefficient (Wildman–Crippen LogP) is 3.99. The van der Waals surface area contributed by atoms with Gasteiger partial charge in [-0.2, -0.15) is 0 Å². The monoisotopic (exact) mass is 422 g/mol. The fourth-order valence-electron chi connectivity index (χ4n) is 3.09. The van der Waals surface area contributed by atoms with E-state index in [0.29, 0.717) is 11.5 Å². The number of nitrogens with one attached hydrogen (secondary N) is 1. The number of esters is 1. The standard InChI is InChI=1S/C22H22N4O3S/c1-28-21(27)16-3-2-4-19(15-16)30-20-9-10-23-22(25-20)24-17-5-7-18(8-6-17)26-11-13-29-14-12-26/h2-10,15H,11-14H2,1H3,(H,23,24,25). The van der Waals surface area contributed by atoms with Crippen molar-refractivity contribution in [1.82, 2.24) is 9.97 Å². The normalized spacial score (nSPS) is 13.7. The van der Waals surface area contributed by atoms with E-state index >= 15 is 0 Å². The number of methoxy groups -OCH3 is 1. The Morgan fingerprint density at radius 2 is 1.93 bits per heavy atom. The molecule has 1 fully saturated rings. The summed E-state index contributed by atoms with van der Waals surface area (Å²) in [6.07, 6.45) is 1.71. The topological polar surface area (TPSA) is 76.6 Å². The Morgan fingerprint density at radius 1 is 1.13 bits per heavy atom. The molecule has 0 unspecified atom stereocenters. The lowest BCUT2D eigenvalue weighted by Gasteiger charge is -2.28. The number of carbonyl (C=O) groups excluding carboxylic acids is 1. The maximum absolute atomic E-state index is 11.7. The molecule has 4 rings (SSSR count). The Balaban J connectivity index is 1.43. The third kappa shape index (κ3) is 5.08. The number of hydrogen-bond acceptors (Lipinski definition) is 8. The lowest BCUT2D eigenvalue weighted by Crippen LogP contribution is -2.36. The van der Waals surface area contributed by atoms with Crippen LogP contribution >= 0.6 is 11.8 Å². The van der Waals surface area contributed by atoms with Crippen LogP contribution in [0.5, 0.6) is 0 Å². The van der Waals surface area contributed by atoms with E-state index in [0.717, 1.165) is 41.9 Å². The van der Waals surface area contributed by atoms with E-state index in [1.165, 1.54) is 24.6 Å². The second-order valence-corrected chi connectivity index (χ2v) is 7.71. The average molecular weight is 423 g/mol. The molecule has 0 bridgehead atoms. The van der Waals surface area contributed by atoms with Gasteiger partial charge in [-0.3, -0.25) is 0 Å². The highest BCUT2D eigenvalue weighted by Gasteiger charge is 2.11. The summed E-state index contributed by atoms with van der Waals surface area (Å²) >= 11 is 1.46. The SMILES string of the molecule is COC(=O)c1cccc(Sc2ccnc(Nc3ccc(N4CCOCC4)cc3)n2)c1. The molecule has 1 aliphatic rings. The summed E-state index contributed by atoms with van der Waals surface area (Å²) in [6, 6.07) is 17.3. The summed E-state index contributed by atoms with van der Waals surface area (Å²) in [6.45, 7) is 3.35. The number of rotatable bonds is 6. The van der Waals surface area contributed by atoms with Crippen molar-refractivity contribution >= 4 is 35.1 Å². The number of hydrogen-bond donors (Lipinski definition) is 1. The molecule has 8 heteroatoms. The summed E-state index contributed by atoms with van der Waals surface area (Å²) in [5.74, 6) is 0.159. The van der Waals surface area contributed by atoms with Gasteiger partial charge in [0.05, 0.1) is 25.9 Å². The molecule has 3 aromatic rings. The Labute approximate surface area is 179 Å². The zero-order valence-electron chi connectivity index (χ0n) is 16.6. The van der Waals surface area contributed by atoms with Gasteiger partial charge < -0.3 is 19.7 Å². The van der Waals surface area contributed by atoms with Gasteiger partial charge in [-0.05, 0) is 48.5 Å². The molecule has 0 aliphatic carbocycles. The molecule has 30 heavy (non-hydrogen) atoms. The minimum Gasteiger partial charge on any atom is -0.465 e.